The van der Waals surface area contributed by atoms with Crippen LogP contribution in [0, 0.1) is 5.82 Å². The predicted molar refractivity (Wildman–Crippen MR) is 73.2 cm³/mol. The lowest BCUT2D eigenvalue weighted by atomic mass is 10.1. The average Bonchev–Trinajstić information content (AvgIpc) is 2.74. The Bertz CT molecular complexity index is 615. The van der Waals surface area contributed by atoms with E-state index < -0.39 is 0 Å². The molecule has 1 aliphatic heterocycles. The molecule has 1 atom stereocenters. The molecule has 2 N–H and O–H groups in total. The maximum Gasteiger partial charge on any atom is 0.146 e. The normalized spacial score (nSPS) is 17.4. The van der Waals surface area contributed by atoms with Gasteiger partial charge in [0.2, 0.25) is 0 Å². The lowest BCUT2D eigenvalue weighted by molar-refractivity contribution is 0.415. The number of rotatable bonds is 2. The zero-order valence-electron chi connectivity index (χ0n) is 10.6. The largest absolute Gasteiger partial charge is 0.497 e. The zero-order valence-corrected chi connectivity index (χ0v) is 10.6. The van der Waals surface area contributed by atoms with Crippen molar-refractivity contribution in [2.24, 2.45) is 5.73 Å². The zero-order chi connectivity index (χ0) is 13.4. The predicted octanol–water partition coefficient (Wildman–Crippen LogP) is 2.81. The van der Waals surface area contributed by atoms with Gasteiger partial charge in [0.05, 0.1) is 19.0 Å². The van der Waals surface area contributed by atoms with Crippen molar-refractivity contribution in [3.05, 3.63) is 53.8 Å². The molecule has 2 aromatic carbocycles. The summed E-state index contributed by atoms with van der Waals surface area (Å²) in [5.74, 6) is 0.475. The highest BCUT2D eigenvalue weighted by molar-refractivity contribution is 5.72. The van der Waals surface area contributed by atoms with Crippen molar-refractivity contribution in [2.45, 2.75) is 12.6 Å². The fourth-order valence-corrected chi connectivity index (χ4v) is 2.52. The van der Waals surface area contributed by atoms with Crippen LogP contribution >= 0.6 is 0 Å². The summed E-state index contributed by atoms with van der Waals surface area (Å²) in [4.78, 5) is 1.83. The summed E-state index contributed by atoms with van der Waals surface area (Å²) in [7, 11) is 1.62. The van der Waals surface area contributed by atoms with Gasteiger partial charge in [0.15, 0.2) is 0 Å². The molecule has 0 saturated carbocycles. The van der Waals surface area contributed by atoms with Crippen LogP contribution < -0.4 is 15.4 Å². The number of nitrogens with zero attached hydrogens (tertiary/aromatic N) is 1. The lowest BCUT2D eigenvalue weighted by Gasteiger charge is -2.25. The molecule has 0 aliphatic carbocycles. The van der Waals surface area contributed by atoms with Crippen LogP contribution in [-0.4, -0.2) is 13.3 Å². The Kier molecular flexibility index (Phi) is 2.87. The van der Waals surface area contributed by atoms with E-state index in [-0.39, 0.29) is 12.0 Å². The van der Waals surface area contributed by atoms with Gasteiger partial charge in [0, 0.05) is 18.2 Å². The molecule has 0 aromatic heterocycles. The fourth-order valence-electron chi connectivity index (χ4n) is 2.52. The van der Waals surface area contributed by atoms with Gasteiger partial charge in [-0.15, -0.1) is 0 Å². The number of fused-ring (bicyclic) bond motifs is 1. The van der Waals surface area contributed by atoms with Gasteiger partial charge in [0.1, 0.15) is 11.6 Å². The first-order valence-electron chi connectivity index (χ1n) is 6.17. The summed E-state index contributed by atoms with van der Waals surface area (Å²) in [6.45, 7) is 0. The molecule has 0 spiro atoms. The summed E-state index contributed by atoms with van der Waals surface area (Å²) < 4.78 is 19.2. The minimum absolute atomic E-state index is 0.251. The van der Waals surface area contributed by atoms with Crippen LogP contribution in [-0.2, 0) is 6.42 Å². The van der Waals surface area contributed by atoms with E-state index in [0.29, 0.717) is 12.1 Å². The number of methoxy groups -OCH3 is 1. The SMILES string of the molecule is COc1ccc2c(c1)N(c1ccccc1F)C(N)C2. The number of nitrogens with two attached hydrogens (primary N) is 1. The number of anilines is 2. The third-order valence-corrected chi connectivity index (χ3v) is 3.42. The van der Waals surface area contributed by atoms with Crippen LogP contribution in [0.2, 0.25) is 0 Å². The van der Waals surface area contributed by atoms with Gasteiger partial charge < -0.3 is 15.4 Å². The van der Waals surface area contributed by atoms with Crippen LogP contribution in [0.1, 0.15) is 5.56 Å². The fraction of sp³-hybridized carbons (Fsp3) is 0.200. The molecule has 3 rings (SSSR count). The first-order valence-corrected chi connectivity index (χ1v) is 6.17. The van der Waals surface area contributed by atoms with E-state index in [2.05, 4.69) is 0 Å². The van der Waals surface area contributed by atoms with Gasteiger partial charge in [-0.2, -0.15) is 0 Å². The third-order valence-electron chi connectivity index (χ3n) is 3.42. The second-order valence-electron chi connectivity index (χ2n) is 4.59. The molecule has 3 nitrogen and oxygen atoms in total. The number of ether oxygens (including phenoxy) is 1. The summed E-state index contributed by atoms with van der Waals surface area (Å²) >= 11 is 0. The van der Waals surface area contributed by atoms with Crippen LogP contribution in [0.15, 0.2) is 42.5 Å². The number of benzene rings is 2. The highest BCUT2D eigenvalue weighted by atomic mass is 19.1. The molecule has 1 unspecified atom stereocenters. The van der Waals surface area contributed by atoms with Gasteiger partial charge in [-0.05, 0) is 23.8 Å². The number of halogens is 1. The second-order valence-corrected chi connectivity index (χ2v) is 4.59. The molecule has 4 heteroatoms. The standard InChI is InChI=1S/C15H15FN2O/c1-19-11-7-6-10-8-15(17)18(14(10)9-11)13-5-3-2-4-12(13)16/h2-7,9,15H,8,17H2,1H3. The van der Waals surface area contributed by atoms with Crippen molar-refractivity contribution in [1.29, 1.82) is 0 Å². The molecule has 0 fully saturated rings. The van der Waals surface area contributed by atoms with Crippen molar-refractivity contribution >= 4 is 11.4 Å². The number of para-hydroxylation sites is 1. The third kappa shape index (κ3) is 1.94. The Hall–Kier alpha value is -2.07. The van der Waals surface area contributed by atoms with Crippen LogP contribution in [0.3, 0.4) is 0 Å². The van der Waals surface area contributed by atoms with E-state index >= 15 is 0 Å². The van der Waals surface area contributed by atoms with Gasteiger partial charge in [0.25, 0.3) is 0 Å². The van der Waals surface area contributed by atoms with Gasteiger partial charge in [-0.3, -0.25) is 0 Å². The van der Waals surface area contributed by atoms with E-state index in [0.717, 1.165) is 17.0 Å². The molecule has 1 aliphatic rings. The van der Waals surface area contributed by atoms with E-state index in [1.165, 1.54) is 6.07 Å². The summed E-state index contributed by atoms with van der Waals surface area (Å²) in [5.41, 5.74) is 8.66. The summed E-state index contributed by atoms with van der Waals surface area (Å²) in [6, 6.07) is 12.4. The average molecular weight is 258 g/mol. The monoisotopic (exact) mass is 258 g/mol. The Morgan fingerprint density at radius 2 is 2.00 bits per heavy atom. The Morgan fingerprint density at radius 1 is 1.21 bits per heavy atom. The molecule has 1 heterocycles. The van der Waals surface area contributed by atoms with Crippen LogP contribution in [0.25, 0.3) is 0 Å². The van der Waals surface area contributed by atoms with Crippen molar-refractivity contribution < 1.29 is 9.13 Å². The Balaban J connectivity index is 2.12. The Morgan fingerprint density at radius 3 is 2.74 bits per heavy atom. The smallest absolute Gasteiger partial charge is 0.146 e. The molecule has 0 bridgehead atoms. The maximum atomic E-state index is 14.0. The van der Waals surface area contributed by atoms with Crippen molar-refractivity contribution in [2.75, 3.05) is 12.0 Å². The molecule has 2 aromatic rings. The highest BCUT2D eigenvalue weighted by Gasteiger charge is 2.29. The number of hydrogen-bond donors (Lipinski definition) is 1. The van der Waals surface area contributed by atoms with Crippen molar-refractivity contribution in [3.8, 4) is 5.75 Å². The maximum absolute atomic E-state index is 14.0. The first-order chi connectivity index (χ1) is 9.20. The molecular weight excluding hydrogens is 243 g/mol. The first kappa shape index (κ1) is 12.0. The molecule has 98 valence electrons. The Labute approximate surface area is 111 Å². The van der Waals surface area contributed by atoms with Crippen molar-refractivity contribution in [1.82, 2.24) is 0 Å². The topological polar surface area (TPSA) is 38.5 Å². The molecule has 0 saturated heterocycles. The van der Waals surface area contributed by atoms with Gasteiger partial charge >= 0.3 is 0 Å². The molecule has 0 radical (unpaired) electrons. The van der Waals surface area contributed by atoms with Crippen LogP contribution in [0.4, 0.5) is 15.8 Å². The van der Waals surface area contributed by atoms with Gasteiger partial charge in [-0.1, -0.05) is 18.2 Å². The number of hydrogen-bond acceptors (Lipinski definition) is 3. The highest BCUT2D eigenvalue weighted by Crippen LogP contribution is 2.39. The minimum Gasteiger partial charge on any atom is -0.497 e. The summed E-state index contributed by atoms with van der Waals surface area (Å²) in [6.07, 6.45) is 0.451. The molecular formula is C15H15FN2O. The van der Waals surface area contributed by atoms with E-state index in [1.807, 2.05) is 29.2 Å². The quantitative estimate of drug-likeness (QED) is 0.900. The van der Waals surface area contributed by atoms with Gasteiger partial charge in [-0.25, -0.2) is 4.39 Å². The van der Waals surface area contributed by atoms with E-state index in [4.69, 9.17) is 10.5 Å². The van der Waals surface area contributed by atoms with E-state index in [1.54, 1.807) is 19.2 Å². The minimum atomic E-state index is -0.270. The summed E-state index contributed by atoms with van der Waals surface area (Å²) in [5, 5.41) is 0. The molecule has 19 heavy (non-hydrogen) atoms. The second kappa shape index (κ2) is 4.55. The lowest BCUT2D eigenvalue weighted by Crippen LogP contribution is -2.36. The van der Waals surface area contributed by atoms with Crippen LogP contribution in [0.5, 0.6) is 5.75 Å². The van der Waals surface area contributed by atoms with Crippen molar-refractivity contribution in [3.63, 3.8) is 0 Å². The molecule has 0 amide bonds. The van der Waals surface area contributed by atoms with E-state index in [9.17, 15) is 4.39 Å².